The largest absolute Gasteiger partial charge is 0.381 e. The molecule has 0 aromatic carbocycles. The zero-order chi connectivity index (χ0) is 10.1. The molecule has 2 N–H and O–H groups in total. The molecule has 82 valence electrons. The summed E-state index contributed by atoms with van der Waals surface area (Å²) in [6.07, 6.45) is 5.45. The number of hydrogen-bond donors (Lipinski definition) is 1. The Kier molecular flexibility index (Phi) is 2.82. The molecule has 2 saturated heterocycles. The molecule has 0 aromatic heterocycles. The summed E-state index contributed by atoms with van der Waals surface area (Å²) in [7, 11) is 0. The van der Waals surface area contributed by atoms with E-state index in [1.807, 2.05) is 0 Å². The molecular formula is C11H21NO2. The maximum absolute atomic E-state index is 6.26. The van der Waals surface area contributed by atoms with Gasteiger partial charge >= 0.3 is 0 Å². The predicted molar refractivity (Wildman–Crippen MR) is 55.2 cm³/mol. The second-order valence-electron chi connectivity index (χ2n) is 4.89. The minimum atomic E-state index is 0.0338. The van der Waals surface area contributed by atoms with Gasteiger partial charge in [-0.3, -0.25) is 0 Å². The summed E-state index contributed by atoms with van der Waals surface area (Å²) in [5.41, 5.74) is 5.77. The van der Waals surface area contributed by atoms with Gasteiger partial charge < -0.3 is 15.2 Å². The molecule has 0 amide bonds. The van der Waals surface area contributed by atoms with E-state index in [1.165, 1.54) is 6.42 Å². The lowest BCUT2D eigenvalue weighted by Gasteiger charge is -2.36. The van der Waals surface area contributed by atoms with Crippen molar-refractivity contribution in [2.45, 2.75) is 50.2 Å². The van der Waals surface area contributed by atoms with Crippen LogP contribution < -0.4 is 5.73 Å². The average Bonchev–Trinajstić information content (AvgIpc) is 2.46. The van der Waals surface area contributed by atoms with Crippen molar-refractivity contribution in [2.24, 2.45) is 5.73 Å². The highest BCUT2D eigenvalue weighted by atomic mass is 16.5. The van der Waals surface area contributed by atoms with Crippen LogP contribution in [-0.4, -0.2) is 31.0 Å². The van der Waals surface area contributed by atoms with Crippen molar-refractivity contribution in [3.63, 3.8) is 0 Å². The van der Waals surface area contributed by atoms with Gasteiger partial charge in [0.1, 0.15) is 0 Å². The van der Waals surface area contributed by atoms with Gasteiger partial charge in [-0.05, 0) is 45.6 Å². The highest BCUT2D eigenvalue weighted by Gasteiger charge is 2.46. The van der Waals surface area contributed by atoms with E-state index in [4.69, 9.17) is 15.2 Å². The third kappa shape index (κ3) is 1.95. The van der Waals surface area contributed by atoms with E-state index in [0.29, 0.717) is 0 Å². The van der Waals surface area contributed by atoms with Crippen LogP contribution in [0.4, 0.5) is 0 Å². The van der Waals surface area contributed by atoms with Crippen LogP contribution in [0.3, 0.4) is 0 Å². The second-order valence-corrected chi connectivity index (χ2v) is 4.89. The molecule has 2 aliphatic heterocycles. The summed E-state index contributed by atoms with van der Waals surface area (Å²) in [5.74, 6) is 0. The molecule has 1 unspecified atom stereocenters. The van der Waals surface area contributed by atoms with Gasteiger partial charge in [0.15, 0.2) is 0 Å². The quantitative estimate of drug-likeness (QED) is 0.732. The van der Waals surface area contributed by atoms with Gasteiger partial charge in [0, 0.05) is 13.2 Å². The lowest BCUT2D eigenvalue weighted by Crippen LogP contribution is -2.39. The number of rotatable bonds is 2. The van der Waals surface area contributed by atoms with E-state index >= 15 is 0 Å². The Balaban J connectivity index is 1.98. The Bertz CT molecular complexity index is 201. The maximum Gasteiger partial charge on any atom is 0.0734 e. The Morgan fingerprint density at radius 3 is 2.50 bits per heavy atom. The van der Waals surface area contributed by atoms with Crippen LogP contribution in [0.15, 0.2) is 0 Å². The van der Waals surface area contributed by atoms with Gasteiger partial charge in [-0.15, -0.1) is 0 Å². The first kappa shape index (κ1) is 10.4. The number of ether oxygens (including phenoxy) is 2. The molecule has 14 heavy (non-hydrogen) atoms. The highest BCUT2D eigenvalue weighted by molar-refractivity contribution is 4.96. The Morgan fingerprint density at radius 1 is 1.14 bits per heavy atom. The smallest absolute Gasteiger partial charge is 0.0734 e. The SMILES string of the molecule is CC1(CCN)CCC2(CCOCC2)O1. The van der Waals surface area contributed by atoms with Crippen LogP contribution in [0.2, 0.25) is 0 Å². The van der Waals surface area contributed by atoms with E-state index in [1.54, 1.807) is 0 Å². The molecule has 2 heterocycles. The summed E-state index contributed by atoms with van der Waals surface area (Å²) < 4.78 is 11.6. The van der Waals surface area contributed by atoms with Crippen molar-refractivity contribution in [3.8, 4) is 0 Å². The zero-order valence-electron chi connectivity index (χ0n) is 9.05. The molecule has 1 atom stereocenters. The summed E-state index contributed by atoms with van der Waals surface area (Å²) in [6.45, 7) is 4.64. The first-order valence-electron chi connectivity index (χ1n) is 5.66. The van der Waals surface area contributed by atoms with Gasteiger partial charge in [0.05, 0.1) is 11.2 Å². The van der Waals surface area contributed by atoms with E-state index in [-0.39, 0.29) is 11.2 Å². The number of nitrogens with two attached hydrogens (primary N) is 1. The first-order valence-corrected chi connectivity index (χ1v) is 5.66. The fourth-order valence-corrected chi connectivity index (χ4v) is 2.69. The van der Waals surface area contributed by atoms with Crippen molar-refractivity contribution >= 4 is 0 Å². The molecule has 0 aromatic rings. The second kappa shape index (κ2) is 3.80. The predicted octanol–water partition coefficient (Wildman–Crippen LogP) is 1.45. The van der Waals surface area contributed by atoms with Gasteiger partial charge in [0.2, 0.25) is 0 Å². The summed E-state index contributed by atoms with van der Waals surface area (Å²) in [6, 6.07) is 0. The van der Waals surface area contributed by atoms with Gasteiger partial charge in [-0.2, -0.15) is 0 Å². The molecule has 2 aliphatic rings. The van der Waals surface area contributed by atoms with Crippen LogP contribution in [0.25, 0.3) is 0 Å². The Labute approximate surface area is 85.9 Å². The molecule has 3 nitrogen and oxygen atoms in total. The standard InChI is InChI=1S/C11H21NO2/c1-10(4-7-12)2-3-11(14-10)5-8-13-9-6-11/h2-9,12H2,1H3. The van der Waals surface area contributed by atoms with E-state index < -0.39 is 0 Å². The van der Waals surface area contributed by atoms with Crippen molar-refractivity contribution in [3.05, 3.63) is 0 Å². The van der Waals surface area contributed by atoms with Crippen molar-refractivity contribution in [1.29, 1.82) is 0 Å². The monoisotopic (exact) mass is 199 g/mol. The highest BCUT2D eigenvalue weighted by Crippen LogP contribution is 2.44. The normalized spacial score (nSPS) is 36.4. The zero-order valence-corrected chi connectivity index (χ0v) is 9.05. The van der Waals surface area contributed by atoms with Crippen molar-refractivity contribution in [2.75, 3.05) is 19.8 Å². The fourth-order valence-electron chi connectivity index (χ4n) is 2.69. The molecule has 1 spiro atoms. The average molecular weight is 199 g/mol. The lowest BCUT2D eigenvalue weighted by atomic mass is 9.89. The van der Waals surface area contributed by atoms with E-state index in [9.17, 15) is 0 Å². The summed E-state index contributed by atoms with van der Waals surface area (Å²) in [5, 5.41) is 0. The van der Waals surface area contributed by atoms with E-state index in [2.05, 4.69) is 6.92 Å². The minimum absolute atomic E-state index is 0.0338. The Morgan fingerprint density at radius 2 is 1.86 bits per heavy atom. The number of hydrogen-bond acceptors (Lipinski definition) is 3. The van der Waals surface area contributed by atoms with E-state index in [0.717, 1.165) is 45.4 Å². The molecule has 0 saturated carbocycles. The summed E-state index contributed by atoms with van der Waals surface area (Å²) >= 11 is 0. The van der Waals surface area contributed by atoms with Crippen molar-refractivity contribution in [1.82, 2.24) is 0 Å². The molecule has 0 radical (unpaired) electrons. The summed E-state index contributed by atoms with van der Waals surface area (Å²) in [4.78, 5) is 0. The van der Waals surface area contributed by atoms with Gasteiger partial charge in [0.25, 0.3) is 0 Å². The van der Waals surface area contributed by atoms with Crippen LogP contribution in [0.1, 0.15) is 39.0 Å². The first-order chi connectivity index (χ1) is 6.68. The molecule has 2 fully saturated rings. The molecular weight excluding hydrogens is 178 g/mol. The third-order valence-corrected chi connectivity index (χ3v) is 3.65. The van der Waals surface area contributed by atoms with Crippen LogP contribution in [0.5, 0.6) is 0 Å². The third-order valence-electron chi connectivity index (χ3n) is 3.65. The van der Waals surface area contributed by atoms with Gasteiger partial charge in [-0.25, -0.2) is 0 Å². The van der Waals surface area contributed by atoms with Crippen molar-refractivity contribution < 1.29 is 9.47 Å². The minimum Gasteiger partial charge on any atom is -0.381 e. The lowest BCUT2D eigenvalue weighted by molar-refractivity contribution is -0.139. The molecule has 0 aliphatic carbocycles. The molecule has 0 bridgehead atoms. The topological polar surface area (TPSA) is 44.5 Å². The fraction of sp³-hybridized carbons (Fsp3) is 1.00. The molecule has 2 rings (SSSR count). The molecule has 3 heteroatoms. The van der Waals surface area contributed by atoms with Crippen LogP contribution in [0, 0.1) is 0 Å². The van der Waals surface area contributed by atoms with Crippen LogP contribution >= 0.6 is 0 Å². The Hall–Kier alpha value is -0.120. The van der Waals surface area contributed by atoms with Gasteiger partial charge in [-0.1, -0.05) is 0 Å². The maximum atomic E-state index is 6.26. The van der Waals surface area contributed by atoms with Crippen LogP contribution in [-0.2, 0) is 9.47 Å².